The van der Waals surface area contributed by atoms with Crippen LogP contribution in [0.4, 0.5) is 28.2 Å². The molecule has 1 aliphatic rings. The Morgan fingerprint density at radius 2 is 1.88 bits per heavy atom. The van der Waals surface area contributed by atoms with Gasteiger partial charge >= 0.3 is 6.09 Å². The predicted molar refractivity (Wildman–Crippen MR) is 129 cm³/mol. The molecule has 0 aliphatic carbocycles. The highest BCUT2D eigenvalue weighted by atomic mass is 16.5. The van der Waals surface area contributed by atoms with Crippen molar-refractivity contribution in [1.82, 2.24) is 30.0 Å². The van der Waals surface area contributed by atoms with E-state index in [0.29, 0.717) is 55.1 Å². The van der Waals surface area contributed by atoms with Crippen LogP contribution in [0.15, 0.2) is 24.4 Å². The quantitative estimate of drug-likeness (QED) is 0.472. The van der Waals surface area contributed by atoms with Gasteiger partial charge in [0.1, 0.15) is 5.52 Å². The number of ether oxygens (including phenoxy) is 1. The van der Waals surface area contributed by atoms with Gasteiger partial charge < -0.3 is 30.3 Å². The highest BCUT2D eigenvalue weighted by Gasteiger charge is 2.21. The smallest absolute Gasteiger partial charge is 0.407 e. The topological polar surface area (TPSA) is 142 Å². The molecule has 12 heteroatoms. The molecule has 12 nitrogen and oxygen atoms in total. The van der Waals surface area contributed by atoms with Crippen molar-refractivity contribution >= 4 is 40.4 Å². The van der Waals surface area contributed by atoms with Crippen LogP contribution in [0.3, 0.4) is 0 Å². The minimum absolute atomic E-state index is 0.157. The molecule has 0 saturated carbocycles. The average molecular weight is 468 g/mol. The van der Waals surface area contributed by atoms with E-state index in [0.717, 1.165) is 11.1 Å². The molecule has 0 bridgehead atoms. The summed E-state index contributed by atoms with van der Waals surface area (Å²) in [5.74, 6) is 2.25. The summed E-state index contributed by atoms with van der Waals surface area (Å²) in [6.07, 6.45) is 0.691. The average Bonchev–Trinajstić information content (AvgIpc) is 2.84. The SMILES string of the molecule is CO[C@H](C)c1cc2cnc(Nc3ccc(N4CCN(C(=O)O)CC4)nn3)nc2c(NC(C)C)n1. The molecule has 0 spiro atoms. The molecule has 3 N–H and O–H groups in total. The van der Waals surface area contributed by atoms with Crippen LogP contribution in [-0.2, 0) is 4.74 Å². The van der Waals surface area contributed by atoms with E-state index in [1.807, 2.05) is 37.8 Å². The fraction of sp³-hybridized carbons (Fsp3) is 0.455. The molecule has 180 valence electrons. The number of anilines is 4. The lowest BCUT2D eigenvalue weighted by molar-refractivity contribution is 0.116. The molecule has 3 aromatic rings. The monoisotopic (exact) mass is 467 g/mol. The highest BCUT2D eigenvalue weighted by molar-refractivity contribution is 5.89. The molecule has 0 radical (unpaired) electrons. The minimum atomic E-state index is -0.896. The normalized spacial score (nSPS) is 15.0. The van der Waals surface area contributed by atoms with Crippen molar-refractivity contribution in [2.75, 3.05) is 48.8 Å². The number of pyridine rings is 1. The van der Waals surface area contributed by atoms with Crippen LogP contribution in [0.2, 0.25) is 0 Å². The molecule has 4 heterocycles. The number of carbonyl (C=O) groups is 1. The molecule has 1 atom stereocenters. The van der Waals surface area contributed by atoms with E-state index in [4.69, 9.17) is 14.8 Å². The Balaban J connectivity index is 1.52. The summed E-state index contributed by atoms with van der Waals surface area (Å²) in [5, 5.41) is 24.9. The highest BCUT2D eigenvalue weighted by Crippen LogP contribution is 2.26. The minimum Gasteiger partial charge on any atom is -0.465 e. The van der Waals surface area contributed by atoms with Crippen LogP contribution >= 0.6 is 0 Å². The maximum Gasteiger partial charge on any atom is 0.407 e. The van der Waals surface area contributed by atoms with E-state index in [-0.39, 0.29) is 12.1 Å². The second kappa shape index (κ2) is 10.00. The first-order valence-electron chi connectivity index (χ1n) is 11.1. The maximum absolute atomic E-state index is 11.1. The number of amides is 1. The Hall–Kier alpha value is -3.80. The third kappa shape index (κ3) is 5.22. The summed E-state index contributed by atoms with van der Waals surface area (Å²) in [5.41, 5.74) is 1.49. The van der Waals surface area contributed by atoms with Crippen LogP contribution in [0, 0.1) is 0 Å². The number of aromatic nitrogens is 5. The first kappa shape index (κ1) is 23.4. The van der Waals surface area contributed by atoms with E-state index in [9.17, 15) is 4.79 Å². The predicted octanol–water partition coefficient (Wildman–Crippen LogP) is 2.89. The molecule has 0 unspecified atom stereocenters. The fourth-order valence-corrected chi connectivity index (χ4v) is 3.63. The molecule has 3 aromatic heterocycles. The van der Waals surface area contributed by atoms with Gasteiger partial charge in [-0.3, -0.25) is 0 Å². The molecular formula is C22H29N9O3. The number of nitrogens with zero attached hydrogens (tertiary/aromatic N) is 7. The van der Waals surface area contributed by atoms with Gasteiger partial charge in [0.05, 0.1) is 11.8 Å². The van der Waals surface area contributed by atoms with Gasteiger partial charge in [-0.1, -0.05) is 0 Å². The van der Waals surface area contributed by atoms with Crippen LogP contribution < -0.4 is 15.5 Å². The van der Waals surface area contributed by atoms with Gasteiger partial charge in [0.15, 0.2) is 17.5 Å². The van der Waals surface area contributed by atoms with E-state index >= 15 is 0 Å². The third-order valence-electron chi connectivity index (χ3n) is 5.55. The number of piperazine rings is 1. The van der Waals surface area contributed by atoms with Gasteiger partial charge in [0.2, 0.25) is 5.95 Å². The number of rotatable bonds is 7. The molecule has 34 heavy (non-hydrogen) atoms. The van der Waals surface area contributed by atoms with Crippen molar-refractivity contribution in [2.45, 2.75) is 32.9 Å². The van der Waals surface area contributed by atoms with E-state index < -0.39 is 6.09 Å². The Labute approximate surface area is 197 Å². The van der Waals surface area contributed by atoms with Gasteiger partial charge in [-0.15, -0.1) is 10.2 Å². The van der Waals surface area contributed by atoms with Gasteiger partial charge in [-0.2, -0.15) is 0 Å². The van der Waals surface area contributed by atoms with Crippen LogP contribution in [-0.4, -0.2) is 80.6 Å². The van der Waals surface area contributed by atoms with Crippen LogP contribution in [0.1, 0.15) is 32.6 Å². The molecule has 1 amide bonds. The van der Waals surface area contributed by atoms with Crippen LogP contribution in [0.5, 0.6) is 0 Å². The Bertz CT molecular complexity index is 1150. The number of hydrogen-bond donors (Lipinski definition) is 3. The largest absolute Gasteiger partial charge is 0.465 e. The molecule has 0 aromatic carbocycles. The lowest BCUT2D eigenvalue weighted by atomic mass is 10.2. The van der Waals surface area contributed by atoms with Crippen LogP contribution in [0.25, 0.3) is 10.9 Å². The molecular weight excluding hydrogens is 438 g/mol. The molecule has 1 fully saturated rings. The zero-order chi connectivity index (χ0) is 24.2. The lowest BCUT2D eigenvalue weighted by Gasteiger charge is -2.33. The van der Waals surface area contributed by atoms with Crippen molar-refractivity contribution in [2.24, 2.45) is 0 Å². The zero-order valence-corrected chi connectivity index (χ0v) is 19.7. The number of nitrogens with one attached hydrogen (secondary N) is 2. The summed E-state index contributed by atoms with van der Waals surface area (Å²) in [4.78, 5) is 28.3. The van der Waals surface area contributed by atoms with E-state index in [1.54, 1.807) is 19.4 Å². The van der Waals surface area contributed by atoms with Gasteiger partial charge in [-0.25, -0.2) is 19.7 Å². The summed E-state index contributed by atoms with van der Waals surface area (Å²) >= 11 is 0. The second-order valence-corrected chi connectivity index (χ2v) is 8.36. The summed E-state index contributed by atoms with van der Waals surface area (Å²) < 4.78 is 5.43. The van der Waals surface area contributed by atoms with Crippen molar-refractivity contribution in [1.29, 1.82) is 0 Å². The molecule has 4 rings (SSSR count). The van der Waals surface area contributed by atoms with E-state index in [2.05, 4.69) is 30.8 Å². The number of hydrogen-bond acceptors (Lipinski definition) is 10. The number of carboxylic acid groups (broad SMARTS) is 1. The maximum atomic E-state index is 11.1. The van der Waals surface area contributed by atoms with Crippen molar-refractivity contribution in [3.8, 4) is 0 Å². The van der Waals surface area contributed by atoms with Gasteiger partial charge in [0, 0.05) is 50.9 Å². The molecule has 1 saturated heterocycles. The summed E-state index contributed by atoms with van der Waals surface area (Å²) in [6, 6.07) is 5.75. The van der Waals surface area contributed by atoms with Gasteiger partial charge in [-0.05, 0) is 39.0 Å². The summed E-state index contributed by atoms with van der Waals surface area (Å²) in [7, 11) is 1.65. The van der Waals surface area contributed by atoms with E-state index in [1.165, 1.54) is 4.90 Å². The van der Waals surface area contributed by atoms with Crippen molar-refractivity contribution < 1.29 is 14.6 Å². The summed E-state index contributed by atoms with van der Waals surface area (Å²) in [6.45, 7) is 8.05. The Kier molecular flexibility index (Phi) is 6.87. The molecule has 1 aliphatic heterocycles. The Morgan fingerprint density at radius 1 is 1.12 bits per heavy atom. The van der Waals surface area contributed by atoms with Gasteiger partial charge in [0.25, 0.3) is 0 Å². The standard InChI is InChI=1S/C22H29N9O3/c1-13(2)24-20-19-15(11-16(25-20)14(3)34-4)12-23-21(27-19)26-17-5-6-18(29-28-17)30-7-9-31(10-8-30)22(32)33/h5-6,11-14H,7-10H2,1-4H3,(H,24,25)(H,32,33)(H,23,26,27,28)/t14-/m1/s1. The third-order valence-corrected chi connectivity index (χ3v) is 5.55. The second-order valence-electron chi connectivity index (χ2n) is 8.36. The van der Waals surface area contributed by atoms with Crippen molar-refractivity contribution in [3.05, 3.63) is 30.1 Å². The number of methoxy groups -OCH3 is 1. The fourth-order valence-electron chi connectivity index (χ4n) is 3.63. The number of fused-ring (bicyclic) bond motifs is 1. The first-order chi connectivity index (χ1) is 16.3. The zero-order valence-electron chi connectivity index (χ0n) is 19.7. The first-order valence-corrected chi connectivity index (χ1v) is 11.1. The van der Waals surface area contributed by atoms with Crippen molar-refractivity contribution in [3.63, 3.8) is 0 Å². The lowest BCUT2D eigenvalue weighted by Crippen LogP contribution is -2.48. The Morgan fingerprint density at radius 3 is 2.50 bits per heavy atom.